The summed E-state index contributed by atoms with van der Waals surface area (Å²) in [6.45, 7) is 5.43. The third-order valence-electron chi connectivity index (χ3n) is 6.11. The molecule has 0 unspecified atom stereocenters. The fourth-order valence-electron chi connectivity index (χ4n) is 3.98. The SMILES string of the molecule is CN1NNN=C1c1ccc(CCC2CCC(CS(=O)(=O)C(C)(C)C)CC2)cc1. The molecule has 0 bridgehead atoms. The number of nitrogens with zero attached hydrogens (tertiary/aromatic N) is 2. The van der Waals surface area contributed by atoms with Gasteiger partial charge in [0.25, 0.3) is 0 Å². The van der Waals surface area contributed by atoms with Crippen molar-refractivity contribution in [2.45, 2.75) is 64.0 Å². The average molecular weight is 407 g/mol. The number of hydrogen-bond acceptors (Lipinski definition) is 6. The first-order chi connectivity index (χ1) is 13.2. The van der Waals surface area contributed by atoms with Crippen molar-refractivity contribution in [2.75, 3.05) is 12.8 Å². The molecule has 1 saturated carbocycles. The normalized spacial score (nSPS) is 23.4. The number of nitrogens with one attached hydrogen (secondary N) is 2. The van der Waals surface area contributed by atoms with Gasteiger partial charge in [0.15, 0.2) is 15.7 Å². The highest BCUT2D eigenvalue weighted by atomic mass is 32.2. The molecule has 1 aromatic carbocycles. The minimum Gasteiger partial charge on any atom is -0.274 e. The number of hydrazine groups is 2. The van der Waals surface area contributed by atoms with Crippen LogP contribution in [0.4, 0.5) is 0 Å². The van der Waals surface area contributed by atoms with E-state index in [0.717, 1.165) is 43.5 Å². The Morgan fingerprint density at radius 3 is 2.21 bits per heavy atom. The quantitative estimate of drug-likeness (QED) is 0.759. The fourth-order valence-corrected chi connectivity index (χ4v) is 5.43. The summed E-state index contributed by atoms with van der Waals surface area (Å²) in [5, 5.41) is 6.08. The standard InChI is InChI=1S/C21H34N4O2S/c1-21(2,3)28(26,27)15-18-9-7-16(8-10-18)5-6-17-11-13-19(14-12-17)20-22-23-24-25(20)4/h11-14,16,18,23-24H,5-10,15H2,1-4H3. The van der Waals surface area contributed by atoms with Crippen LogP contribution in [0.1, 0.15) is 64.0 Å². The van der Waals surface area contributed by atoms with Crippen LogP contribution in [0.3, 0.4) is 0 Å². The molecule has 0 spiro atoms. The topological polar surface area (TPSA) is 73.8 Å². The smallest absolute Gasteiger partial charge is 0.172 e. The number of amidine groups is 1. The van der Waals surface area contributed by atoms with Gasteiger partial charge in [0.05, 0.1) is 10.5 Å². The van der Waals surface area contributed by atoms with E-state index in [1.54, 1.807) is 0 Å². The summed E-state index contributed by atoms with van der Waals surface area (Å²) in [6, 6.07) is 8.61. The van der Waals surface area contributed by atoms with Crippen molar-refractivity contribution in [2.24, 2.45) is 16.9 Å². The molecule has 156 valence electrons. The summed E-state index contributed by atoms with van der Waals surface area (Å²) in [7, 11) is -1.08. The van der Waals surface area contributed by atoms with E-state index in [0.29, 0.717) is 17.6 Å². The second-order valence-electron chi connectivity index (χ2n) is 9.23. The molecule has 28 heavy (non-hydrogen) atoms. The van der Waals surface area contributed by atoms with E-state index in [1.807, 2.05) is 32.8 Å². The van der Waals surface area contributed by atoms with Crippen LogP contribution >= 0.6 is 0 Å². The fraction of sp³-hybridized carbons (Fsp3) is 0.667. The highest BCUT2D eigenvalue weighted by Crippen LogP contribution is 2.34. The minimum atomic E-state index is -3.01. The summed E-state index contributed by atoms with van der Waals surface area (Å²) in [6.07, 6.45) is 6.66. The van der Waals surface area contributed by atoms with Crippen molar-refractivity contribution in [1.29, 1.82) is 0 Å². The van der Waals surface area contributed by atoms with Gasteiger partial charge in [-0.2, -0.15) is 0 Å². The minimum absolute atomic E-state index is 0.339. The molecule has 0 saturated heterocycles. The highest BCUT2D eigenvalue weighted by Gasteiger charge is 2.33. The molecule has 6 nitrogen and oxygen atoms in total. The largest absolute Gasteiger partial charge is 0.274 e. The predicted molar refractivity (Wildman–Crippen MR) is 114 cm³/mol. The highest BCUT2D eigenvalue weighted by molar-refractivity contribution is 7.92. The maximum atomic E-state index is 12.4. The van der Waals surface area contributed by atoms with Crippen molar-refractivity contribution in [3.63, 3.8) is 0 Å². The van der Waals surface area contributed by atoms with E-state index in [1.165, 1.54) is 12.0 Å². The Balaban J connectivity index is 1.44. The third-order valence-corrected chi connectivity index (χ3v) is 8.88. The van der Waals surface area contributed by atoms with E-state index in [2.05, 4.69) is 40.4 Å². The van der Waals surface area contributed by atoms with Gasteiger partial charge in [-0.1, -0.05) is 37.1 Å². The molecule has 2 aliphatic rings. The summed E-state index contributed by atoms with van der Waals surface area (Å²) in [5.74, 6) is 2.29. The molecule has 1 aliphatic heterocycles. The number of sulfone groups is 1. The van der Waals surface area contributed by atoms with Crippen molar-refractivity contribution in [3.8, 4) is 0 Å². The lowest BCUT2D eigenvalue weighted by molar-refractivity contribution is 0.278. The van der Waals surface area contributed by atoms with Crippen LogP contribution in [-0.4, -0.2) is 36.8 Å². The number of benzene rings is 1. The zero-order chi connectivity index (χ0) is 20.4. The summed E-state index contributed by atoms with van der Waals surface area (Å²) < 4.78 is 24.2. The first kappa shape index (κ1) is 21.1. The van der Waals surface area contributed by atoms with Crippen LogP contribution in [0.5, 0.6) is 0 Å². The molecule has 0 aromatic heterocycles. The van der Waals surface area contributed by atoms with Gasteiger partial charge in [-0.05, 0) is 63.9 Å². The maximum Gasteiger partial charge on any atom is 0.172 e. The lowest BCUT2D eigenvalue weighted by Gasteiger charge is -2.30. The molecule has 7 heteroatoms. The van der Waals surface area contributed by atoms with Gasteiger partial charge in [-0.15, -0.1) is 10.6 Å². The molecule has 0 radical (unpaired) electrons. The average Bonchev–Trinajstić information content (AvgIpc) is 3.06. The van der Waals surface area contributed by atoms with Crippen molar-refractivity contribution in [3.05, 3.63) is 35.4 Å². The van der Waals surface area contributed by atoms with Crippen LogP contribution < -0.4 is 11.1 Å². The Hall–Kier alpha value is -1.60. The van der Waals surface area contributed by atoms with Crippen LogP contribution in [-0.2, 0) is 16.3 Å². The monoisotopic (exact) mass is 406 g/mol. The summed E-state index contributed by atoms with van der Waals surface area (Å²) >= 11 is 0. The Kier molecular flexibility index (Phi) is 6.34. The van der Waals surface area contributed by atoms with E-state index >= 15 is 0 Å². The van der Waals surface area contributed by atoms with Gasteiger partial charge in [-0.25, -0.2) is 14.0 Å². The summed E-state index contributed by atoms with van der Waals surface area (Å²) in [4.78, 5) is 0. The van der Waals surface area contributed by atoms with Gasteiger partial charge in [-0.3, -0.25) is 5.01 Å². The van der Waals surface area contributed by atoms with Gasteiger partial charge < -0.3 is 0 Å². The Bertz CT molecular complexity index is 789. The van der Waals surface area contributed by atoms with Crippen LogP contribution in [0.15, 0.2) is 29.4 Å². The lowest BCUT2D eigenvalue weighted by atomic mass is 9.80. The van der Waals surface area contributed by atoms with E-state index in [4.69, 9.17) is 0 Å². The van der Waals surface area contributed by atoms with Crippen LogP contribution in [0, 0.1) is 11.8 Å². The van der Waals surface area contributed by atoms with Crippen LogP contribution in [0.2, 0.25) is 0 Å². The number of hydrogen-bond donors (Lipinski definition) is 2. The molecule has 0 atom stereocenters. The molecule has 1 aliphatic carbocycles. The summed E-state index contributed by atoms with van der Waals surface area (Å²) in [5.41, 5.74) is 8.11. The Labute approximate surface area is 169 Å². The first-order valence-electron chi connectivity index (χ1n) is 10.3. The number of aryl methyl sites for hydroxylation is 1. The zero-order valence-corrected chi connectivity index (χ0v) is 18.3. The maximum absolute atomic E-state index is 12.4. The van der Waals surface area contributed by atoms with Crippen LogP contribution in [0.25, 0.3) is 0 Å². The number of hydrazone groups is 1. The molecule has 1 heterocycles. The molecule has 1 fully saturated rings. The second-order valence-corrected chi connectivity index (χ2v) is 12.0. The van der Waals surface area contributed by atoms with Gasteiger partial charge >= 0.3 is 0 Å². The predicted octanol–water partition coefficient (Wildman–Crippen LogP) is 3.26. The zero-order valence-electron chi connectivity index (χ0n) is 17.5. The van der Waals surface area contributed by atoms with Crippen molar-refractivity contribution >= 4 is 15.7 Å². The molecular formula is C21H34N4O2S. The Morgan fingerprint density at radius 2 is 1.68 bits per heavy atom. The molecule has 3 rings (SSSR count). The van der Waals surface area contributed by atoms with Crippen molar-refractivity contribution in [1.82, 2.24) is 16.1 Å². The molecule has 2 N–H and O–H groups in total. The van der Waals surface area contributed by atoms with Gasteiger partial charge in [0.2, 0.25) is 0 Å². The van der Waals surface area contributed by atoms with E-state index in [-0.39, 0.29) is 0 Å². The Morgan fingerprint density at radius 1 is 1.07 bits per heavy atom. The second kappa shape index (κ2) is 8.41. The molecule has 1 aromatic rings. The molecular weight excluding hydrogens is 372 g/mol. The molecule has 0 amide bonds. The lowest BCUT2D eigenvalue weighted by Crippen LogP contribution is -2.37. The van der Waals surface area contributed by atoms with Crippen molar-refractivity contribution < 1.29 is 8.42 Å². The number of rotatable bonds is 6. The van der Waals surface area contributed by atoms with Gasteiger partial charge in [0.1, 0.15) is 0 Å². The van der Waals surface area contributed by atoms with E-state index < -0.39 is 14.6 Å². The third kappa shape index (κ3) is 5.06. The van der Waals surface area contributed by atoms with Gasteiger partial charge in [0, 0.05) is 12.6 Å². The first-order valence-corrected chi connectivity index (χ1v) is 11.9. The van der Waals surface area contributed by atoms with E-state index in [9.17, 15) is 8.42 Å².